The molecule has 2 aromatic rings. The predicted octanol–water partition coefficient (Wildman–Crippen LogP) is 3.53. The number of hydrogen-bond donors (Lipinski definition) is 2. The summed E-state index contributed by atoms with van der Waals surface area (Å²) in [7, 11) is 0. The summed E-state index contributed by atoms with van der Waals surface area (Å²) < 4.78 is 13.4. The van der Waals surface area contributed by atoms with E-state index in [-0.39, 0.29) is 29.7 Å². The highest BCUT2D eigenvalue weighted by atomic mass is 19.1. The predicted molar refractivity (Wildman–Crippen MR) is 132 cm³/mol. The Balaban J connectivity index is 1.22. The third-order valence-electron chi connectivity index (χ3n) is 7.04. The third-order valence-corrected chi connectivity index (χ3v) is 7.04. The van der Waals surface area contributed by atoms with Crippen LogP contribution in [0.25, 0.3) is 0 Å². The van der Waals surface area contributed by atoms with Crippen LogP contribution in [0.4, 0.5) is 10.1 Å². The minimum absolute atomic E-state index is 0.0208. The van der Waals surface area contributed by atoms with Crippen molar-refractivity contribution in [3.05, 3.63) is 65.0 Å². The molecule has 1 fully saturated rings. The molecule has 1 aliphatic heterocycles. The lowest BCUT2D eigenvalue weighted by Crippen LogP contribution is -2.54. The fourth-order valence-electron chi connectivity index (χ4n) is 4.88. The Morgan fingerprint density at radius 2 is 1.71 bits per heavy atom. The SMILES string of the molecule is CC(NC(=O)CN1CCN(C(C)C(=O)Nc2cccc(F)c2)CC1)c1ccc2c(c1)CCCC2. The average Bonchev–Trinajstić information content (AvgIpc) is 2.83. The Kier molecular flexibility index (Phi) is 7.95. The number of amides is 2. The fraction of sp³-hybridized carbons (Fsp3) is 0.481. The first-order chi connectivity index (χ1) is 16.4. The zero-order valence-corrected chi connectivity index (χ0v) is 20.1. The molecular weight excluding hydrogens is 431 g/mol. The molecule has 0 spiro atoms. The minimum atomic E-state index is -0.377. The van der Waals surface area contributed by atoms with Crippen LogP contribution >= 0.6 is 0 Å². The maximum Gasteiger partial charge on any atom is 0.241 e. The van der Waals surface area contributed by atoms with Crippen LogP contribution in [0.3, 0.4) is 0 Å². The quantitative estimate of drug-likeness (QED) is 0.655. The van der Waals surface area contributed by atoms with Crippen molar-refractivity contribution < 1.29 is 14.0 Å². The Morgan fingerprint density at radius 1 is 0.971 bits per heavy atom. The second kappa shape index (κ2) is 11.1. The molecule has 0 saturated carbocycles. The minimum Gasteiger partial charge on any atom is -0.348 e. The second-order valence-electron chi connectivity index (χ2n) is 9.51. The topological polar surface area (TPSA) is 64.7 Å². The lowest BCUT2D eigenvalue weighted by molar-refractivity contribution is -0.125. The van der Waals surface area contributed by atoms with Crippen LogP contribution < -0.4 is 10.6 Å². The van der Waals surface area contributed by atoms with E-state index in [4.69, 9.17) is 0 Å². The van der Waals surface area contributed by atoms with E-state index >= 15 is 0 Å². The molecule has 182 valence electrons. The molecule has 2 amide bonds. The van der Waals surface area contributed by atoms with Crippen LogP contribution in [-0.4, -0.2) is 60.4 Å². The molecule has 0 aromatic heterocycles. The van der Waals surface area contributed by atoms with Crippen LogP contribution in [-0.2, 0) is 22.4 Å². The normalized spacial score (nSPS) is 18.6. The van der Waals surface area contributed by atoms with Gasteiger partial charge in [0.15, 0.2) is 0 Å². The average molecular weight is 467 g/mol. The first kappa shape index (κ1) is 24.4. The van der Waals surface area contributed by atoms with E-state index in [0.717, 1.165) is 31.5 Å². The van der Waals surface area contributed by atoms with Gasteiger partial charge in [-0.3, -0.25) is 19.4 Å². The second-order valence-corrected chi connectivity index (χ2v) is 9.51. The Labute approximate surface area is 201 Å². The lowest BCUT2D eigenvalue weighted by atomic mass is 9.89. The van der Waals surface area contributed by atoms with Gasteiger partial charge >= 0.3 is 0 Å². The van der Waals surface area contributed by atoms with Gasteiger partial charge in [0, 0.05) is 31.9 Å². The maximum absolute atomic E-state index is 13.4. The molecule has 34 heavy (non-hydrogen) atoms. The van der Waals surface area contributed by atoms with E-state index in [0.29, 0.717) is 25.3 Å². The van der Waals surface area contributed by atoms with E-state index in [9.17, 15) is 14.0 Å². The van der Waals surface area contributed by atoms with Gasteiger partial charge in [-0.1, -0.05) is 24.3 Å². The molecule has 7 heteroatoms. The largest absolute Gasteiger partial charge is 0.348 e. The fourth-order valence-corrected chi connectivity index (χ4v) is 4.88. The van der Waals surface area contributed by atoms with Gasteiger partial charge in [0.25, 0.3) is 0 Å². The molecule has 6 nitrogen and oxygen atoms in total. The number of aryl methyl sites for hydroxylation is 2. The van der Waals surface area contributed by atoms with E-state index in [2.05, 4.69) is 38.6 Å². The molecule has 4 rings (SSSR count). The summed E-state index contributed by atoms with van der Waals surface area (Å²) in [5.74, 6) is -0.510. The van der Waals surface area contributed by atoms with Crippen molar-refractivity contribution in [3.8, 4) is 0 Å². The molecule has 0 bridgehead atoms. The highest BCUT2D eigenvalue weighted by Crippen LogP contribution is 2.24. The van der Waals surface area contributed by atoms with E-state index < -0.39 is 0 Å². The van der Waals surface area contributed by atoms with Crippen molar-refractivity contribution in [3.63, 3.8) is 0 Å². The first-order valence-electron chi connectivity index (χ1n) is 12.3. The van der Waals surface area contributed by atoms with Gasteiger partial charge in [-0.15, -0.1) is 0 Å². The van der Waals surface area contributed by atoms with Gasteiger partial charge < -0.3 is 10.6 Å². The number of nitrogens with one attached hydrogen (secondary N) is 2. The molecular formula is C27H35FN4O2. The molecule has 0 radical (unpaired) electrons. The van der Waals surface area contributed by atoms with Gasteiger partial charge in [-0.05, 0) is 74.4 Å². The van der Waals surface area contributed by atoms with Crippen molar-refractivity contribution >= 4 is 17.5 Å². The molecule has 2 unspecified atom stereocenters. The summed E-state index contributed by atoms with van der Waals surface area (Å²) in [5, 5.41) is 5.93. The zero-order valence-electron chi connectivity index (χ0n) is 20.1. The number of anilines is 1. The summed E-state index contributed by atoms with van der Waals surface area (Å²) in [6.45, 7) is 7.09. The molecule has 2 aliphatic rings. The molecule has 2 aromatic carbocycles. The van der Waals surface area contributed by atoms with Crippen LogP contribution in [0.1, 0.15) is 49.4 Å². The number of hydrogen-bond acceptors (Lipinski definition) is 4. The van der Waals surface area contributed by atoms with Crippen molar-refractivity contribution in [1.29, 1.82) is 0 Å². The van der Waals surface area contributed by atoms with E-state index in [1.807, 2.05) is 13.8 Å². The van der Waals surface area contributed by atoms with Gasteiger partial charge in [-0.25, -0.2) is 4.39 Å². The molecule has 2 N–H and O–H groups in total. The van der Waals surface area contributed by atoms with Gasteiger partial charge in [0.2, 0.25) is 11.8 Å². The first-order valence-corrected chi connectivity index (χ1v) is 12.3. The number of nitrogens with zero attached hydrogens (tertiary/aromatic N) is 2. The lowest BCUT2D eigenvalue weighted by Gasteiger charge is -2.37. The summed E-state index contributed by atoms with van der Waals surface area (Å²) in [4.78, 5) is 29.5. The number of fused-ring (bicyclic) bond motifs is 1. The molecule has 1 saturated heterocycles. The number of carbonyl (C=O) groups excluding carboxylic acids is 2. The van der Waals surface area contributed by atoms with Gasteiger partial charge in [0.1, 0.15) is 5.82 Å². The van der Waals surface area contributed by atoms with E-state index in [1.165, 1.54) is 36.1 Å². The van der Waals surface area contributed by atoms with E-state index in [1.54, 1.807) is 12.1 Å². The van der Waals surface area contributed by atoms with Gasteiger partial charge in [-0.2, -0.15) is 0 Å². The summed E-state index contributed by atoms with van der Waals surface area (Å²) >= 11 is 0. The number of halogens is 1. The third kappa shape index (κ3) is 6.21. The number of benzene rings is 2. The van der Waals surface area contributed by atoms with Crippen molar-refractivity contribution in [1.82, 2.24) is 15.1 Å². The van der Waals surface area contributed by atoms with Crippen molar-refractivity contribution in [2.75, 3.05) is 38.0 Å². The Morgan fingerprint density at radius 3 is 2.44 bits per heavy atom. The standard InChI is InChI=1S/C27H35FN4O2/c1-19(22-11-10-21-6-3-4-7-23(21)16-22)29-26(33)18-31-12-14-32(15-13-31)20(2)27(34)30-25-9-5-8-24(28)17-25/h5,8-11,16-17,19-20H,3-4,6-7,12-15,18H2,1-2H3,(H,29,33)(H,30,34). The molecule has 2 atom stereocenters. The van der Waals surface area contributed by atoms with Crippen LogP contribution in [0.15, 0.2) is 42.5 Å². The van der Waals surface area contributed by atoms with Crippen molar-refractivity contribution in [2.24, 2.45) is 0 Å². The summed E-state index contributed by atoms with van der Waals surface area (Å²) in [6.07, 6.45) is 4.80. The number of carbonyl (C=O) groups is 2. The smallest absolute Gasteiger partial charge is 0.241 e. The van der Waals surface area contributed by atoms with Crippen LogP contribution in [0.2, 0.25) is 0 Å². The Bertz CT molecular complexity index is 1020. The molecule has 1 aliphatic carbocycles. The van der Waals surface area contributed by atoms with Crippen LogP contribution in [0, 0.1) is 5.82 Å². The number of rotatable bonds is 7. The van der Waals surface area contributed by atoms with Gasteiger partial charge in [0.05, 0.1) is 18.6 Å². The maximum atomic E-state index is 13.4. The highest BCUT2D eigenvalue weighted by molar-refractivity contribution is 5.94. The monoisotopic (exact) mass is 466 g/mol. The highest BCUT2D eigenvalue weighted by Gasteiger charge is 2.26. The van der Waals surface area contributed by atoms with Crippen LogP contribution in [0.5, 0.6) is 0 Å². The summed E-state index contributed by atoms with van der Waals surface area (Å²) in [5.41, 5.74) is 4.50. The zero-order chi connectivity index (χ0) is 24.1. The number of piperazine rings is 1. The summed E-state index contributed by atoms with van der Waals surface area (Å²) in [6, 6.07) is 12.2. The van der Waals surface area contributed by atoms with Crippen molar-refractivity contribution in [2.45, 2.75) is 51.6 Å². The molecule has 1 heterocycles. The Hall–Kier alpha value is -2.77.